The summed E-state index contributed by atoms with van der Waals surface area (Å²) in [5.74, 6) is 0.178. The Bertz CT molecular complexity index is 683. The molecule has 4 nitrogen and oxygen atoms in total. The van der Waals surface area contributed by atoms with Crippen LogP contribution in [0.5, 0.6) is 0 Å². The van der Waals surface area contributed by atoms with Crippen molar-refractivity contribution in [3.8, 4) is 0 Å². The lowest BCUT2D eigenvalue weighted by Crippen LogP contribution is -2.37. The number of likely N-dealkylation sites (tertiary alicyclic amines) is 1. The summed E-state index contributed by atoms with van der Waals surface area (Å²) >= 11 is 0. The molecule has 20 heavy (non-hydrogen) atoms. The van der Waals surface area contributed by atoms with Crippen molar-refractivity contribution in [2.45, 2.75) is 25.8 Å². The number of pyridine rings is 1. The van der Waals surface area contributed by atoms with E-state index in [2.05, 4.69) is 0 Å². The molecule has 104 valence electrons. The highest BCUT2D eigenvalue weighted by molar-refractivity contribution is 5.82. The van der Waals surface area contributed by atoms with Gasteiger partial charge in [0.15, 0.2) is 0 Å². The van der Waals surface area contributed by atoms with Gasteiger partial charge in [-0.2, -0.15) is 0 Å². The zero-order valence-corrected chi connectivity index (χ0v) is 11.5. The molecule has 1 aliphatic heterocycles. The second-order valence-electron chi connectivity index (χ2n) is 5.32. The Morgan fingerprint density at radius 1 is 1.10 bits per heavy atom. The van der Waals surface area contributed by atoms with Crippen molar-refractivity contribution < 1.29 is 4.79 Å². The summed E-state index contributed by atoms with van der Waals surface area (Å²) in [6.45, 7) is 2.13. The SMILES string of the molecule is N=c1ccn(CC(=O)N2CCCCC2)c2ccccc12. The van der Waals surface area contributed by atoms with E-state index in [1.807, 2.05) is 39.9 Å². The van der Waals surface area contributed by atoms with E-state index in [4.69, 9.17) is 5.41 Å². The second-order valence-corrected chi connectivity index (χ2v) is 5.32. The maximum Gasteiger partial charge on any atom is 0.242 e. The third-order valence-electron chi connectivity index (χ3n) is 3.94. The average molecular weight is 269 g/mol. The maximum absolute atomic E-state index is 12.4. The molecule has 2 aromatic rings. The largest absolute Gasteiger partial charge is 0.341 e. The topological polar surface area (TPSA) is 49.1 Å². The standard InChI is InChI=1S/C16H19N3O/c17-14-8-11-19(15-7-3-2-6-13(14)15)12-16(20)18-9-4-1-5-10-18/h2-3,6-8,11,17H,1,4-5,9-10,12H2. The van der Waals surface area contributed by atoms with Gasteiger partial charge in [-0.05, 0) is 31.4 Å². The van der Waals surface area contributed by atoms with E-state index >= 15 is 0 Å². The first-order valence-corrected chi connectivity index (χ1v) is 7.16. The van der Waals surface area contributed by atoms with Gasteiger partial charge in [-0.15, -0.1) is 0 Å². The number of piperidine rings is 1. The minimum atomic E-state index is 0.178. The summed E-state index contributed by atoms with van der Waals surface area (Å²) in [4.78, 5) is 14.3. The van der Waals surface area contributed by atoms with Crippen molar-refractivity contribution in [2.24, 2.45) is 0 Å². The lowest BCUT2D eigenvalue weighted by atomic mass is 10.1. The molecule has 1 N–H and O–H groups in total. The minimum Gasteiger partial charge on any atom is -0.341 e. The molecule has 0 aliphatic carbocycles. The molecule has 4 heteroatoms. The summed E-state index contributed by atoms with van der Waals surface area (Å²) in [5.41, 5.74) is 0.949. The third kappa shape index (κ3) is 2.46. The Morgan fingerprint density at radius 3 is 2.65 bits per heavy atom. The summed E-state index contributed by atoms with van der Waals surface area (Å²) in [6, 6.07) is 9.53. The maximum atomic E-state index is 12.4. The Hall–Kier alpha value is -2.10. The molecule has 1 fully saturated rings. The van der Waals surface area contributed by atoms with Gasteiger partial charge >= 0.3 is 0 Å². The van der Waals surface area contributed by atoms with Gasteiger partial charge in [0.05, 0.1) is 10.9 Å². The average Bonchev–Trinajstić information content (AvgIpc) is 2.51. The van der Waals surface area contributed by atoms with Gasteiger partial charge < -0.3 is 14.9 Å². The molecule has 0 unspecified atom stereocenters. The van der Waals surface area contributed by atoms with Gasteiger partial charge in [0.25, 0.3) is 0 Å². The van der Waals surface area contributed by atoms with Crippen molar-refractivity contribution in [1.29, 1.82) is 5.41 Å². The second kappa shape index (κ2) is 5.49. The molecule has 3 rings (SSSR count). The number of benzene rings is 1. The van der Waals surface area contributed by atoms with Crippen LogP contribution in [0.25, 0.3) is 10.9 Å². The van der Waals surface area contributed by atoms with Crippen LogP contribution in [0.15, 0.2) is 36.5 Å². The van der Waals surface area contributed by atoms with Gasteiger partial charge in [-0.25, -0.2) is 0 Å². The summed E-state index contributed by atoms with van der Waals surface area (Å²) in [5, 5.41) is 9.32. The number of nitrogens with one attached hydrogen (secondary N) is 1. The molecule has 0 saturated carbocycles. The van der Waals surface area contributed by atoms with Crippen LogP contribution in [0.1, 0.15) is 19.3 Å². The van der Waals surface area contributed by atoms with E-state index < -0.39 is 0 Å². The van der Waals surface area contributed by atoms with Crippen LogP contribution in [0.3, 0.4) is 0 Å². The van der Waals surface area contributed by atoms with Crippen LogP contribution in [0.2, 0.25) is 0 Å². The number of fused-ring (bicyclic) bond motifs is 1. The normalized spacial score (nSPS) is 15.5. The predicted octanol–water partition coefficient (Wildman–Crippen LogP) is 2.13. The van der Waals surface area contributed by atoms with Crippen LogP contribution in [0, 0.1) is 5.41 Å². The van der Waals surface area contributed by atoms with E-state index in [9.17, 15) is 4.79 Å². The molecule has 0 bridgehead atoms. The van der Waals surface area contributed by atoms with Crippen molar-refractivity contribution in [3.63, 3.8) is 0 Å². The van der Waals surface area contributed by atoms with Gasteiger partial charge in [-0.3, -0.25) is 4.79 Å². The van der Waals surface area contributed by atoms with Crippen LogP contribution in [-0.4, -0.2) is 28.5 Å². The van der Waals surface area contributed by atoms with Crippen LogP contribution in [-0.2, 0) is 11.3 Å². The van der Waals surface area contributed by atoms with Crippen molar-refractivity contribution in [3.05, 3.63) is 41.9 Å². The summed E-state index contributed by atoms with van der Waals surface area (Å²) in [7, 11) is 0. The smallest absolute Gasteiger partial charge is 0.242 e. The van der Waals surface area contributed by atoms with Crippen molar-refractivity contribution in [2.75, 3.05) is 13.1 Å². The number of para-hydroxylation sites is 1. The number of amides is 1. The lowest BCUT2D eigenvalue weighted by Gasteiger charge is -2.27. The van der Waals surface area contributed by atoms with E-state index in [0.29, 0.717) is 11.9 Å². The highest BCUT2D eigenvalue weighted by Gasteiger charge is 2.16. The monoisotopic (exact) mass is 269 g/mol. The highest BCUT2D eigenvalue weighted by atomic mass is 16.2. The van der Waals surface area contributed by atoms with E-state index in [-0.39, 0.29) is 5.91 Å². The number of carbonyl (C=O) groups is 1. The molecule has 0 atom stereocenters. The Balaban J connectivity index is 1.89. The number of hydrogen-bond acceptors (Lipinski definition) is 2. The minimum absolute atomic E-state index is 0.178. The molecular weight excluding hydrogens is 250 g/mol. The number of nitrogens with zero attached hydrogens (tertiary/aromatic N) is 2. The molecule has 1 aromatic heterocycles. The first-order valence-electron chi connectivity index (χ1n) is 7.16. The summed E-state index contributed by atoms with van der Waals surface area (Å²) in [6.07, 6.45) is 5.30. The van der Waals surface area contributed by atoms with Crippen molar-refractivity contribution >= 4 is 16.8 Å². The number of rotatable bonds is 2. The predicted molar refractivity (Wildman–Crippen MR) is 78.2 cm³/mol. The Morgan fingerprint density at radius 2 is 1.85 bits per heavy atom. The molecule has 1 aliphatic rings. The van der Waals surface area contributed by atoms with Crippen LogP contribution < -0.4 is 5.36 Å². The fourth-order valence-electron chi connectivity index (χ4n) is 2.81. The van der Waals surface area contributed by atoms with E-state index in [1.165, 1.54) is 6.42 Å². The molecule has 1 saturated heterocycles. The van der Waals surface area contributed by atoms with Crippen LogP contribution in [0.4, 0.5) is 0 Å². The summed E-state index contributed by atoms with van der Waals surface area (Å²) < 4.78 is 1.95. The van der Waals surface area contributed by atoms with Gasteiger partial charge in [0, 0.05) is 24.7 Å². The molecule has 1 amide bonds. The zero-order chi connectivity index (χ0) is 13.9. The van der Waals surface area contributed by atoms with Gasteiger partial charge in [0.1, 0.15) is 6.54 Å². The lowest BCUT2D eigenvalue weighted by molar-refractivity contribution is -0.132. The van der Waals surface area contributed by atoms with Crippen LogP contribution >= 0.6 is 0 Å². The van der Waals surface area contributed by atoms with E-state index in [0.717, 1.165) is 36.8 Å². The molecular formula is C16H19N3O. The first kappa shape index (κ1) is 12.9. The molecule has 1 aromatic carbocycles. The van der Waals surface area contributed by atoms with Crippen molar-refractivity contribution in [1.82, 2.24) is 9.47 Å². The van der Waals surface area contributed by atoms with Gasteiger partial charge in [-0.1, -0.05) is 18.2 Å². The van der Waals surface area contributed by atoms with E-state index in [1.54, 1.807) is 6.07 Å². The zero-order valence-electron chi connectivity index (χ0n) is 11.5. The fourth-order valence-corrected chi connectivity index (χ4v) is 2.81. The fraction of sp³-hybridized carbons (Fsp3) is 0.375. The number of carbonyl (C=O) groups excluding carboxylic acids is 1. The molecule has 2 heterocycles. The molecule has 0 spiro atoms. The Kier molecular flexibility index (Phi) is 3.54. The Labute approximate surface area is 118 Å². The molecule has 0 radical (unpaired) electrons. The quantitative estimate of drug-likeness (QED) is 0.892. The number of hydrogen-bond donors (Lipinski definition) is 1. The number of aromatic nitrogens is 1. The van der Waals surface area contributed by atoms with Gasteiger partial charge in [0.2, 0.25) is 5.91 Å². The third-order valence-corrected chi connectivity index (χ3v) is 3.94. The first-order chi connectivity index (χ1) is 9.75. The highest BCUT2D eigenvalue weighted by Crippen LogP contribution is 2.12.